The highest BCUT2D eigenvalue weighted by Gasteiger charge is 2.28. The van der Waals surface area contributed by atoms with Crippen molar-refractivity contribution in [2.45, 2.75) is 12.5 Å². The molecule has 28 heavy (non-hydrogen) atoms. The van der Waals surface area contributed by atoms with Crippen molar-refractivity contribution in [1.29, 1.82) is 0 Å². The summed E-state index contributed by atoms with van der Waals surface area (Å²) in [6, 6.07) is 19.9. The third kappa shape index (κ3) is 3.70. The Kier molecular flexibility index (Phi) is 5.26. The van der Waals surface area contributed by atoms with E-state index in [1.54, 1.807) is 24.3 Å². The largest absolute Gasteiger partial charge is 0.459 e. The lowest BCUT2D eigenvalue weighted by atomic mass is 9.98. The van der Waals surface area contributed by atoms with Crippen molar-refractivity contribution in [1.82, 2.24) is 5.32 Å². The van der Waals surface area contributed by atoms with Gasteiger partial charge in [-0.1, -0.05) is 54.6 Å². The standard InChI is InChI=1S/C23H21NO4/c25-14-17-12-11-16(28-17)6-5-13-24-23(26)27-15-22-20-9-3-1-7-18(20)19-8-2-4-10-21(19)22/h1-12,22,25H,13-15H2,(H,24,26). The van der Waals surface area contributed by atoms with Crippen LogP contribution in [0.3, 0.4) is 0 Å². The van der Waals surface area contributed by atoms with Gasteiger partial charge in [0.25, 0.3) is 0 Å². The van der Waals surface area contributed by atoms with Gasteiger partial charge in [-0.15, -0.1) is 0 Å². The minimum Gasteiger partial charge on any atom is -0.459 e. The molecule has 0 atom stereocenters. The van der Waals surface area contributed by atoms with Gasteiger partial charge < -0.3 is 19.6 Å². The van der Waals surface area contributed by atoms with Gasteiger partial charge in [-0.2, -0.15) is 0 Å². The zero-order valence-corrected chi connectivity index (χ0v) is 15.3. The third-order valence-electron chi connectivity index (χ3n) is 4.83. The van der Waals surface area contributed by atoms with Gasteiger partial charge in [-0.3, -0.25) is 0 Å². The van der Waals surface area contributed by atoms with Crippen LogP contribution in [0, 0.1) is 0 Å². The molecule has 4 rings (SSSR count). The molecule has 3 aromatic rings. The first-order valence-electron chi connectivity index (χ1n) is 9.21. The zero-order valence-electron chi connectivity index (χ0n) is 15.3. The quantitative estimate of drug-likeness (QED) is 0.673. The van der Waals surface area contributed by atoms with Gasteiger partial charge in [-0.05, 0) is 40.5 Å². The highest BCUT2D eigenvalue weighted by Crippen LogP contribution is 2.44. The summed E-state index contributed by atoms with van der Waals surface area (Å²) in [7, 11) is 0. The molecule has 1 aromatic heterocycles. The minimum absolute atomic E-state index is 0.0497. The van der Waals surface area contributed by atoms with Gasteiger partial charge in [0.15, 0.2) is 0 Å². The van der Waals surface area contributed by atoms with E-state index < -0.39 is 6.09 Å². The summed E-state index contributed by atoms with van der Waals surface area (Å²) in [5.74, 6) is 1.18. The number of rotatable bonds is 6. The number of fused-ring (bicyclic) bond motifs is 3. The maximum absolute atomic E-state index is 12.1. The van der Waals surface area contributed by atoms with Crippen LogP contribution in [0.4, 0.5) is 4.79 Å². The second-order valence-corrected chi connectivity index (χ2v) is 6.57. The Labute approximate surface area is 163 Å². The molecule has 0 fully saturated rings. The molecule has 1 amide bonds. The number of benzene rings is 2. The number of hydrogen-bond acceptors (Lipinski definition) is 4. The van der Waals surface area contributed by atoms with Crippen LogP contribution in [0.5, 0.6) is 0 Å². The summed E-state index contributed by atoms with van der Waals surface area (Å²) in [5, 5.41) is 11.7. The molecule has 1 aliphatic carbocycles. The summed E-state index contributed by atoms with van der Waals surface area (Å²) in [5.41, 5.74) is 4.79. The highest BCUT2D eigenvalue weighted by atomic mass is 16.5. The molecule has 0 saturated carbocycles. The fourth-order valence-corrected chi connectivity index (χ4v) is 3.54. The number of carbonyl (C=O) groups excluding carboxylic acids is 1. The van der Waals surface area contributed by atoms with Crippen LogP contribution in [0.15, 0.2) is 71.2 Å². The van der Waals surface area contributed by atoms with Gasteiger partial charge in [0.05, 0.1) is 0 Å². The van der Waals surface area contributed by atoms with Crippen molar-refractivity contribution in [2.24, 2.45) is 0 Å². The lowest BCUT2D eigenvalue weighted by Crippen LogP contribution is -2.26. The molecule has 0 saturated heterocycles. The van der Waals surface area contributed by atoms with E-state index in [9.17, 15) is 4.79 Å². The average Bonchev–Trinajstić information content (AvgIpc) is 3.32. The molecule has 142 valence electrons. The van der Waals surface area contributed by atoms with Crippen LogP contribution >= 0.6 is 0 Å². The molecular formula is C23H21NO4. The van der Waals surface area contributed by atoms with Crippen LogP contribution < -0.4 is 5.32 Å². The molecular weight excluding hydrogens is 354 g/mol. The number of carbonyl (C=O) groups is 1. The predicted octanol–water partition coefficient (Wildman–Crippen LogP) is 4.32. The Bertz CT molecular complexity index is 960. The van der Waals surface area contributed by atoms with Crippen LogP contribution in [-0.4, -0.2) is 24.4 Å². The minimum atomic E-state index is -0.456. The monoisotopic (exact) mass is 375 g/mol. The molecule has 5 heteroatoms. The van der Waals surface area contributed by atoms with Crippen LogP contribution in [0.25, 0.3) is 17.2 Å². The predicted molar refractivity (Wildman–Crippen MR) is 107 cm³/mol. The first-order chi connectivity index (χ1) is 13.8. The Morgan fingerprint density at radius 3 is 2.36 bits per heavy atom. The maximum atomic E-state index is 12.1. The van der Waals surface area contributed by atoms with Gasteiger partial charge in [0.2, 0.25) is 0 Å². The van der Waals surface area contributed by atoms with E-state index >= 15 is 0 Å². The summed E-state index contributed by atoms with van der Waals surface area (Å²) in [6.45, 7) is 0.485. The van der Waals surface area contributed by atoms with Gasteiger partial charge in [0.1, 0.15) is 24.7 Å². The van der Waals surface area contributed by atoms with Crippen molar-refractivity contribution in [3.63, 3.8) is 0 Å². The first-order valence-corrected chi connectivity index (χ1v) is 9.21. The number of aliphatic hydroxyl groups is 1. The molecule has 0 unspecified atom stereocenters. The van der Waals surface area contributed by atoms with E-state index in [0.717, 1.165) is 0 Å². The highest BCUT2D eigenvalue weighted by molar-refractivity contribution is 5.79. The number of furan rings is 1. The topological polar surface area (TPSA) is 71.7 Å². The van der Waals surface area contributed by atoms with Crippen molar-refractivity contribution in [3.05, 3.63) is 89.4 Å². The maximum Gasteiger partial charge on any atom is 0.407 e. The number of hydrogen-bond donors (Lipinski definition) is 2. The van der Waals surface area contributed by atoms with E-state index in [-0.39, 0.29) is 12.5 Å². The third-order valence-corrected chi connectivity index (χ3v) is 4.83. The molecule has 0 spiro atoms. The molecule has 1 heterocycles. The fraction of sp³-hybridized carbons (Fsp3) is 0.174. The second kappa shape index (κ2) is 8.15. The lowest BCUT2D eigenvalue weighted by Gasteiger charge is -2.14. The average molecular weight is 375 g/mol. The SMILES string of the molecule is O=C(NCC=Cc1ccc(CO)o1)OCC1c2ccccc2-c2ccccc21. The summed E-state index contributed by atoms with van der Waals surface area (Å²) in [6.07, 6.45) is 3.05. The summed E-state index contributed by atoms with van der Waals surface area (Å²) in [4.78, 5) is 12.1. The summed E-state index contributed by atoms with van der Waals surface area (Å²) < 4.78 is 10.8. The number of aliphatic hydroxyl groups excluding tert-OH is 1. The van der Waals surface area contributed by atoms with Crippen molar-refractivity contribution >= 4 is 12.2 Å². The Hall–Kier alpha value is -3.31. The summed E-state index contributed by atoms with van der Waals surface area (Å²) >= 11 is 0. The van der Waals surface area contributed by atoms with Crippen molar-refractivity contribution in [3.8, 4) is 11.1 Å². The van der Waals surface area contributed by atoms with E-state index in [1.807, 2.05) is 24.3 Å². The number of ether oxygens (including phenoxy) is 1. The zero-order chi connectivity index (χ0) is 19.3. The number of nitrogens with one attached hydrogen (secondary N) is 1. The molecule has 2 N–H and O–H groups in total. The molecule has 0 aliphatic heterocycles. The Balaban J connectivity index is 1.32. The van der Waals surface area contributed by atoms with Crippen molar-refractivity contribution in [2.75, 3.05) is 13.2 Å². The van der Waals surface area contributed by atoms with Crippen LogP contribution in [-0.2, 0) is 11.3 Å². The van der Waals surface area contributed by atoms with E-state index in [0.29, 0.717) is 24.7 Å². The molecule has 0 radical (unpaired) electrons. The lowest BCUT2D eigenvalue weighted by molar-refractivity contribution is 0.144. The number of alkyl carbamates (subject to hydrolysis) is 1. The van der Waals surface area contributed by atoms with E-state index in [2.05, 4.69) is 29.6 Å². The Morgan fingerprint density at radius 2 is 1.71 bits per heavy atom. The van der Waals surface area contributed by atoms with Gasteiger partial charge in [0, 0.05) is 12.5 Å². The molecule has 5 nitrogen and oxygen atoms in total. The normalized spacial score (nSPS) is 12.8. The Morgan fingerprint density at radius 1 is 1.04 bits per heavy atom. The number of amides is 1. The molecule has 1 aliphatic rings. The molecule has 0 bridgehead atoms. The van der Waals surface area contributed by atoms with Gasteiger partial charge >= 0.3 is 6.09 Å². The van der Waals surface area contributed by atoms with E-state index in [1.165, 1.54) is 22.3 Å². The fourth-order valence-electron chi connectivity index (χ4n) is 3.54. The second-order valence-electron chi connectivity index (χ2n) is 6.57. The van der Waals surface area contributed by atoms with Crippen LogP contribution in [0.1, 0.15) is 28.6 Å². The smallest absolute Gasteiger partial charge is 0.407 e. The molecule has 2 aromatic carbocycles. The first kappa shape index (κ1) is 18.1. The van der Waals surface area contributed by atoms with Crippen LogP contribution in [0.2, 0.25) is 0 Å². The van der Waals surface area contributed by atoms with Crippen molar-refractivity contribution < 1.29 is 19.1 Å². The van der Waals surface area contributed by atoms with Gasteiger partial charge in [-0.25, -0.2) is 4.79 Å². The van der Waals surface area contributed by atoms with E-state index in [4.69, 9.17) is 14.3 Å².